The summed E-state index contributed by atoms with van der Waals surface area (Å²) in [4.78, 5) is 121. The van der Waals surface area contributed by atoms with Crippen molar-refractivity contribution in [2.45, 2.75) is 150 Å². The molecule has 2 amide bonds. The fourth-order valence-corrected chi connectivity index (χ4v) is 15.8. The van der Waals surface area contributed by atoms with Gasteiger partial charge in [-0.3, -0.25) is 39.6 Å². The molecule has 3 aliphatic heterocycles. The molecule has 1 saturated heterocycles. The van der Waals surface area contributed by atoms with E-state index in [1.165, 1.54) is 0 Å². The van der Waals surface area contributed by atoms with Crippen LogP contribution in [0, 0.1) is 54.3 Å². The number of aliphatic imine (C=N–C) groups is 1. The second-order valence-corrected chi connectivity index (χ2v) is 28.4. The number of allylic oxidation sites excluding steroid dienone is 5. The Morgan fingerprint density at radius 2 is 1.32 bits per heavy atom. The van der Waals surface area contributed by atoms with Crippen LogP contribution < -0.4 is 48.7 Å². The number of fused-ring (bicyclic) bond motifs is 10. The summed E-state index contributed by atoms with van der Waals surface area (Å²) in [6.45, 7) is 16.5. The van der Waals surface area contributed by atoms with Crippen molar-refractivity contribution in [1.82, 2.24) is 46.5 Å². The van der Waals surface area contributed by atoms with Crippen LogP contribution >= 0.6 is 0 Å². The van der Waals surface area contributed by atoms with Crippen molar-refractivity contribution in [3.05, 3.63) is 193 Å². The van der Waals surface area contributed by atoms with E-state index in [2.05, 4.69) is 86.0 Å². The van der Waals surface area contributed by atoms with Gasteiger partial charge in [0.1, 0.15) is 5.78 Å². The minimum absolute atomic E-state index is 0.00317. The molecule has 7 heterocycles. The first-order chi connectivity index (χ1) is 50.4. The number of hydrogen-bond donors (Lipinski definition) is 15. The van der Waals surface area contributed by atoms with Crippen molar-refractivity contribution in [2.75, 3.05) is 13.1 Å². The first kappa shape index (κ1) is 74.8. The largest absolute Gasteiger partial charge is 0.481 e. The van der Waals surface area contributed by atoms with Gasteiger partial charge in [-0.1, -0.05) is 93.2 Å². The Bertz CT molecular complexity index is 4910. The zero-order valence-corrected chi connectivity index (χ0v) is 60.5. The van der Waals surface area contributed by atoms with Crippen molar-refractivity contribution in [2.24, 2.45) is 46.0 Å². The number of H-pyrrole nitrogens is 4. The molecule has 0 spiro atoms. The number of rotatable bonds is 33. The van der Waals surface area contributed by atoms with E-state index in [1.54, 1.807) is 19.3 Å². The summed E-state index contributed by atoms with van der Waals surface area (Å²) >= 11 is 0. The average Bonchev–Trinajstić information content (AvgIpc) is 1.61. The Labute approximate surface area is 609 Å². The summed E-state index contributed by atoms with van der Waals surface area (Å²) in [5.41, 5.74) is 25.8. The molecular weight excluding hydrogens is 1320 g/mol. The molecule has 548 valence electrons. The maximum atomic E-state index is 15.5. The van der Waals surface area contributed by atoms with Gasteiger partial charge >= 0.3 is 11.9 Å². The maximum absolute atomic E-state index is 15.5. The number of nitrogens with two attached hydrogens (primary N) is 2. The topological polar surface area (TPSA) is 395 Å². The third-order valence-corrected chi connectivity index (χ3v) is 21.7. The van der Waals surface area contributed by atoms with Crippen molar-refractivity contribution in [1.29, 1.82) is 10.8 Å². The number of hydrogen-bond acceptors (Lipinski definition) is 11. The number of Topliss-reactive ketones (excluding diaryl/α,β-unsaturated/α-hetero) is 3. The molecule has 0 radical (unpaired) electrons. The Morgan fingerprint density at radius 3 is 1.98 bits per heavy atom. The highest BCUT2D eigenvalue weighted by Gasteiger charge is 2.41. The predicted octanol–water partition coefficient (Wildman–Crippen LogP) is 9.05. The number of aromatic nitrogens is 4. The number of carboxylic acid groups (broad SMARTS) is 2. The fourth-order valence-electron chi connectivity index (χ4n) is 15.8. The number of para-hydroxylation sites is 2. The van der Waals surface area contributed by atoms with E-state index in [1.807, 2.05) is 105 Å². The zero-order valence-electron chi connectivity index (χ0n) is 60.5. The molecule has 3 aromatic carbocycles. The minimum Gasteiger partial charge on any atom is -0.481 e. The van der Waals surface area contributed by atoms with Crippen LogP contribution in [0.3, 0.4) is 0 Å². The smallest absolute Gasteiger partial charge is 0.338 e. The molecule has 11 rings (SSSR count). The molecule has 17 N–H and O–H groups in total. The molecule has 7 aromatic rings. The van der Waals surface area contributed by atoms with E-state index in [-0.39, 0.29) is 106 Å². The number of ketones is 3. The summed E-state index contributed by atoms with van der Waals surface area (Å²) in [7, 11) is 0. The summed E-state index contributed by atoms with van der Waals surface area (Å²) in [5.74, 6) is -9.12. The number of carbonyl (C=O) groups is 7. The highest BCUT2D eigenvalue weighted by molar-refractivity contribution is 6.29. The van der Waals surface area contributed by atoms with Crippen LogP contribution in [-0.2, 0) is 59.2 Å². The highest BCUT2D eigenvalue weighted by atomic mass is 16.4. The van der Waals surface area contributed by atoms with Gasteiger partial charge in [0, 0.05) is 137 Å². The van der Waals surface area contributed by atoms with Crippen LogP contribution in [0.1, 0.15) is 148 Å². The van der Waals surface area contributed by atoms with Gasteiger partial charge in [-0.05, 0) is 177 Å². The Hall–Kier alpha value is -11.4. The molecule has 23 nitrogen and oxygen atoms in total. The van der Waals surface area contributed by atoms with Gasteiger partial charge in [0.05, 0.1) is 35.0 Å². The van der Waals surface area contributed by atoms with Gasteiger partial charge in [-0.2, -0.15) is 0 Å². The third kappa shape index (κ3) is 17.0. The molecule has 1 aliphatic carbocycles. The SMILES string of the molecule is C=Cc1c(C)/c2[nH]c1=Cc1[nH]c(c(CC)c1C)/C=C1N=C(C(C(=O)O)=C\1C)/C(C)=C1\NC(\C=2)[C@@H](C)[C@@H]1CCC(=O)C[C@@H](CCCNC(=N)N)C(=O)N[C@@H](CCCNC(=N)N)C(=O)C[C@@H](Cc1c[nH]c2ccccc12)C(=O)N[C@@H](Cc1c[nH]c2ccccc12)C(=O)C[C@@H](CC1=CCc2ccccc21)C(=O)O. The summed E-state index contributed by atoms with van der Waals surface area (Å²) < 4.78 is 0. The predicted molar refractivity (Wildman–Crippen MR) is 411 cm³/mol. The molecule has 105 heavy (non-hydrogen) atoms. The van der Waals surface area contributed by atoms with Crippen molar-refractivity contribution < 1.29 is 43.8 Å². The molecule has 8 atom stereocenters. The summed E-state index contributed by atoms with van der Waals surface area (Å²) in [6.07, 6.45) is 14.9. The third-order valence-electron chi connectivity index (χ3n) is 21.7. The number of aliphatic carboxylic acids is 2. The molecule has 8 bridgehead atoms. The lowest BCUT2D eigenvalue weighted by Gasteiger charge is -2.26. The fraction of sp³-hybridized carbons (Fsp3) is 0.366. The number of guanidine groups is 2. The number of nitrogens with one attached hydrogen (secondary N) is 11. The first-order valence-electron chi connectivity index (χ1n) is 36.3. The highest BCUT2D eigenvalue weighted by Crippen LogP contribution is 2.41. The Balaban J connectivity index is 0.877. The molecule has 1 unspecified atom stereocenters. The number of carbonyl (C=O) groups excluding carboxylic acids is 5. The van der Waals surface area contributed by atoms with Gasteiger partial charge in [0.2, 0.25) is 11.8 Å². The molecule has 4 aliphatic rings. The van der Waals surface area contributed by atoms with Crippen LogP contribution in [0.25, 0.3) is 51.7 Å². The number of aromatic amines is 4. The van der Waals surface area contributed by atoms with Gasteiger partial charge in [-0.25, -0.2) is 9.79 Å². The lowest BCUT2D eigenvalue weighted by Crippen LogP contribution is -2.48. The van der Waals surface area contributed by atoms with E-state index in [0.29, 0.717) is 59.4 Å². The monoisotopic (exact) mass is 1420 g/mol. The van der Waals surface area contributed by atoms with Crippen LogP contribution in [0.15, 0.2) is 131 Å². The summed E-state index contributed by atoms with van der Waals surface area (Å²) in [6, 6.07) is 20.0. The normalized spacial score (nSPS) is 18.9. The van der Waals surface area contributed by atoms with E-state index in [9.17, 15) is 29.4 Å². The van der Waals surface area contributed by atoms with Crippen molar-refractivity contribution in [3.8, 4) is 0 Å². The first-order valence-corrected chi connectivity index (χ1v) is 36.3. The van der Waals surface area contributed by atoms with Crippen molar-refractivity contribution in [3.63, 3.8) is 0 Å². The molecule has 23 heteroatoms. The average molecular weight is 1420 g/mol. The van der Waals surface area contributed by atoms with Gasteiger partial charge < -0.3 is 68.2 Å². The second kappa shape index (κ2) is 33.0. The molecule has 1 fully saturated rings. The van der Waals surface area contributed by atoms with E-state index < -0.39 is 78.0 Å². The maximum Gasteiger partial charge on any atom is 0.338 e. The van der Waals surface area contributed by atoms with Crippen molar-refractivity contribution >= 4 is 110 Å². The molecular formula is C82H96N14O9. The molecule has 0 saturated carbocycles. The van der Waals surface area contributed by atoms with Gasteiger partial charge in [0.25, 0.3) is 0 Å². The summed E-state index contributed by atoms with van der Waals surface area (Å²) in [5, 5.41) is 56.1. The van der Waals surface area contributed by atoms with Crippen LogP contribution in [0.4, 0.5) is 0 Å². The van der Waals surface area contributed by atoms with Gasteiger partial charge in [-0.15, -0.1) is 0 Å². The van der Waals surface area contributed by atoms with Crippen LogP contribution in [0.5, 0.6) is 0 Å². The Kier molecular flexibility index (Phi) is 23.5. The number of carboxylic acids is 2. The lowest BCUT2D eigenvalue weighted by molar-refractivity contribution is -0.144. The number of amides is 2. The van der Waals surface area contributed by atoms with E-state index in [0.717, 1.165) is 88.5 Å². The van der Waals surface area contributed by atoms with Crippen LogP contribution in [-0.4, -0.2) is 120 Å². The van der Waals surface area contributed by atoms with E-state index >= 15 is 14.4 Å². The standard InChI is InChI=1S/C82H96N14O9/c1-8-56-43(3)65-38-67-45(5)58(75(93-67)47(7)76-74(80(104)105)46(6)68(94-76)40-70-57(9-2)44(4)66(92-70)39-69(56)91-65)29-28-55(97)34-50(19-16-30-87-81(83)84)77(100)95-64(25-17-31-88-82(85)86)72(98)36-51(33-53-41-89-62-23-14-12-21-60(53)62)78(101)96-71(35-54-42-90-63-24-15-13-22-61(54)63)73(99)37-52(79(102)103)32-49-27-26-48-18-10-11-20-59(48)49/h8,10-15,18,20-24,27,38-42,45,50-52,58,64,67,71,89-93H,1,9,16-17,19,25-26,28-37H2,2-7H3,(H,95,100)(H,96,101)(H,102,103)(H,104,105)(H4,83,84,87)(H4,85,86,88)/b65-38-,68-40-,69-39?,75-47-/t45-,50+,51+,52+,58-,64-,67?,71-/m0/s1. The lowest BCUT2D eigenvalue weighted by atomic mass is 9.83. The number of benzene rings is 3. The van der Waals surface area contributed by atoms with Gasteiger partial charge in [0.15, 0.2) is 23.5 Å². The van der Waals surface area contributed by atoms with Crippen LogP contribution in [0.2, 0.25) is 0 Å². The minimum atomic E-state index is -1.24. The molecule has 4 aromatic heterocycles. The number of nitrogens with zero attached hydrogens (tertiary/aromatic N) is 1. The quantitative estimate of drug-likeness (QED) is 0.0104. The Morgan fingerprint density at radius 1 is 0.705 bits per heavy atom. The second-order valence-electron chi connectivity index (χ2n) is 28.4. The zero-order chi connectivity index (χ0) is 74.9. The van der Waals surface area contributed by atoms with E-state index in [4.69, 9.17) is 27.3 Å².